The second kappa shape index (κ2) is 8.75. The van der Waals surface area contributed by atoms with Crippen LogP contribution in [0.3, 0.4) is 0 Å². The molecule has 26 heavy (non-hydrogen) atoms. The van der Waals surface area contributed by atoms with Crippen LogP contribution in [0.25, 0.3) is 0 Å². The standard InChI is InChI=1S/C20H24N4O2/c1-2-26-14-19-22-18(10-20(25)23-19)17-7-4-8-24(13-17)12-16-6-3-5-15(9-16)11-21/h3,5-6,9-10,17H,2,4,7-8,12-14H2,1H3,(H,22,23,25). The molecule has 0 spiro atoms. The van der Waals surface area contributed by atoms with Crippen molar-refractivity contribution in [2.24, 2.45) is 0 Å². The van der Waals surface area contributed by atoms with Crippen LogP contribution in [0, 0.1) is 11.3 Å². The summed E-state index contributed by atoms with van der Waals surface area (Å²) in [6.45, 7) is 5.52. The van der Waals surface area contributed by atoms with Gasteiger partial charge in [-0.25, -0.2) is 4.98 Å². The molecule has 1 unspecified atom stereocenters. The van der Waals surface area contributed by atoms with Gasteiger partial charge in [-0.05, 0) is 44.0 Å². The van der Waals surface area contributed by atoms with Crippen LogP contribution in [0.4, 0.5) is 0 Å². The SMILES string of the molecule is CCOCc1nc(C2CCCN(Cc3cccc(C#N)c3)C2)cc(=O)[nH]1. The number of H-pyrrole nitrogens is 1. The van der Waals surface area contributed by atoms with Crippen molar-refractivity contribution in [1.29, 1.82) is 5.26 Å². The van der Waals surface area contributed by atoms with E-state index in [1.807, 2.05) is 25.1 Å². The Kier molecular flexibility index (Phi) is 6.16. The average molecular weight is 352 g/mol. The lowest BCUT2D eigenvalue weighted by atomic mass is 9.94. The Bertz CT molecular complexity index is 840. The summed E-state index contributed by atoms with van der Waals surface area (Å²) in [5.74, 6) is 0.832. The molecule has 1 aromatic carbocycles. The highest BCUT2D eigenvalue weighted by Crippen LogP contribution is 2.26. The molecule has 1 atom stereocenters. The topological polar surface area (TPSA) is 82.0 Å². The molecule has 1 aliphatic rings. The van der Waals surface area contributed by atoms with Crippen LogP contribution in [0.1, 0.15) is 48.3 Å². The molecule has 1 N–H and O–H groups in total. The van der Waals surface area contributed by atoms with Gasteiger partial charge in [0.2, 0.25) is 0 Å². The molecule has 1 aromatic heterocycles. The Hall–Kier alpha value is -2.49. The first-order chi connectivity index (χ1) is 12.7. The monoisotopic (exact) mass is 352 g/mol. The van der Waals surface area contributed by atoms with Gasteiger partial charge in [0.25, 0.3) is 5.56 Å². The number of nitrogens with one attached hydrogen (secondary N) is 1. The molecule has 6 heteroatoms. The Morgan fingerprint density at radius 2 is 2.31 bits per heavy atom. The zero-order valence-electron chi connectivity index (χ0n) is 15.1. The highest BCUT2D eigenvalue weighted by atomic mass is 16.5. The van der Waals surface area contributed by atoms with Gasteiger partial charge < -0.3 is 9.72 Å². The van der Waals surface area contributed by atoms with Gasteiger partial charge in [-0.2, -0.15) is 5.26 Å². The average Bonchev–Trinajstić information content (AvgIpc) is 2.66. The van der Waals surface area contributed by atoms with E-state index in [0.29, 0.717) is 24.6 Å². The van der Waals surface area contributed by atoms with Crippen molar-refractivity contribution >= 4 is 0 Å². The van der Waals surface area contributed by atoms with Crippen LogP contribution in [0.15, 0.2) is 35.1 Å². The molecule has 1 fully saturated rings. The quantitative estimate of drug-likeness (QED) is 0.864. The van der Waals surface area contributed by atoms with E-state index in [1.165, 1.54) is 0 Å². The summed E-state index contributed by atoms with van der Waals surface area (Å²) < 4.78 is 5.37. The Balaban J connectivity index is 1.71. The highest BCUT2D eigenvalue weighted by Gasteiger charge is 2.23. The summed E-state index contributed by atoms with van der Waals surface area (Å²) in [5.41, 5.74) is 2.55. The summed E-state index contributed by atoms with van der Waals surface area (Å²) in [5, 5.41) is 9.06. The molecule has 0 radical (unpaired) electrons. The van der Waals surface area contributed by atoms with E-state index >= 15 is 0 Å². The molecule has 1 aliphatic heterocycles. The number of aromatic amines is 1. The van der Waals surface area contributed by atoms with Crippen molar-refractivity contribution in [3.63, 3.8) is 0 Å². The normalized spacial score (nSPS) is 17.8. The van der Waals surface area contributed by atoms with E-state index in [2.05, 4.69) is 27.0 Å². The summed E-state index contributed by atoms with van der Waals surface area (Å²) in [6, 6.07) is 11.5. The number of benzene rings is 1. The van der Waals surface area contributed by atoms with Crippen LogP contribution in [0.5, 0.6) is 0 Å². The summed E-state index contributed by atoms with van der Waals surface area (Å²) >= 11 is 0. The van der Waals surface area contributed by atoms with Crippen molar-refractivity contribution in [1.82, 2.24) is 14.9 Å². The van der Waals surface area contributed by atoms with Gasteiger partial charge in [0.1, 0.15) is 12.4 Å². The van der Waals surface area contributed by atoms with E-state index in [4.69, 9.17) is 10.00 Å². The molecule has 0 saturated carbocycles. The lowest BCUT2D eigenvalue weighted by Crippen LogP contribution is -2.34. The first-order valence-electron chi connectivity index (χ1n) is 9.07. The number of piperidine rings is 1. The predicted octanol–water partition coefficient (Wildman–Crippen LogP) is 2.56. The maximum Gasteiger partial charge on any atom is 0.251 e. The van der Waals surface area contributed by atoms with Crippen LogP contribution < -0.4 is 5.56 Å². The number of hydrogen-bond acceptors (Lipinski definition) is 5. The largest absolute Gasteiger partial charge is 0.374 e. The van der Waals surface area contributed by atoms with Gasteiger partial charge >= 0.3 is 0 Å². The first-order valence-corrected chi connectivity index (χ1v) is 9.07. The molecule has 0 amide bonds. The molecule has 0 aliphatic carbocycles. The minimum absolute atomic E-state index is 0.122. The van der Waals surface area contributed by atoms with Crippen LogP contribution in [-0.4, -0.2) is 34.6 Å². The van der Waals surface area contributed by atoms with E-state index in [-0.39, 0.29) is 11.5 Å². The first kappa shape index (κ1) is 18.3. The third-order valence-corrected chi connectivity index (χ3v) is 4.64. The highest BCUT2D eigenvalue weighted by molar-refractivity contribution is 5.32. The van der Waals surface area contributed by atoms with E-state index in [9.17, 15) is 4.79 Å². The van der Waals surface area contributed by atoms with Crippen molar-refractivity contribution in [2.75, 3.05) is 19.7 Å². The zero-order chi connectivity index (χ0) is 18.4. The van der Waals surface area contributed by atoms with Gasteiger partial charge in [0.15, 0.2) is 0 Å². The summed E-state index contributed by atoms with van der Waals surface area (Å²) in [6.07, 6.45) is 2.09. The summed E-state index contributed by atoms with van der Waals surface area (Å²) in [4.78, 5) is 21.7. The number of ether oxygens (including phenoxy) is 1. The van der Waals surface area contributed by atoms with Crippen molar-refractivity contribution in [3.8, 4) is 6.07 Å². The van der Waals surface area contributed by atoms with Crippen molar-refractivity contribution < 1.29 is 4.74 Å². The van der Waals surface area contributed by atoms with Crippen molar-refractivity contribution in [3.05, 3.63) is 63.3 Å². The minimum atomic E-state index is -0.122. The number of aromatic nitrogens is 2. The number of hydrogen-bond donors (Lipinski definition) is 1. The Morgan fingerprint density at radius 3 is 3.12 bits per heavy atom. The van der Waals surface area contributed by atoms with Gasteiger partial charge in [-0.15, -0.1) is 0 Å². The van der Waals surface area contributed by atoms with Crippen molar-refractivity contribution in [2.45, 2.75) is 38.8 Å². The minimum Gasteiger partial charge on any atom is -0.374 e. The fraction of sp³-hybridized carbons (Fsp3) is 0.450. The number of nitriles is 1. The van der Waals surface area contributed by atoms with E-state index in [0.717, 1.165) is 43.7 Å². The maximum atomic E-state index is 12.0. The van der Waals surface area contributed by atoms with Crippen LogP contribution in [-0.2, 0) is 17.9 Å². The smallest absolute Gasteiger partial charge is 0.251 e. The van der Waals surface area contributed by atoms with Crippen LogP contribution in [0.2, 0.25) is 0 Å². The number of nitrogens with zero attached hydrogens (tertiary/aromatic N) is 3. The van der Waals surface area contributed by atoms with Gasteiger partial charge in [0.05, 0.1) is 17.3 Å². The molecule has 3 rings (SSSR count). The molecule has 6 nitrogen and oxygen atoms in total. The van der Waals surface area contributed by atoms with E-state index < -0.39 is 0 Å². The number of rotatable bonds is 6. The molecule has 2 heterocycles. The van der Waals surface area contributed by atoms with Gasteiger partial charge in [-0.3, -0.25) is 9.69 Å². The molecule has 136 valence electrons. The fourth-order valence-electron chi connectivity index (χ4n) is 3.44. The third kappa shape index (κ3) is 4.78. The fourth-order valence-corrected chi connectivity index (χ4v) is 3.44. The molecular formula is C20H24N4O2. The maximum absolute atomic E-state index is 12.0. The molecule has 0 bridgehead atoms. The predicted molar refractivity (Wildman–Crippen MR) is 98.6 cm³/mol. The molecular weight excluding hydrogens is 328 g/mol. The van der Waals surface area contributed by atoms with Gasteiger partial charge in [-0.1, -0.05) is 12.1 Å². The number of likely N-dealkylation sites (tertiary alicyclic amines) is 1. The lowest BCUT2D eigenvalue weighted by molar-refractivity contribution is 0.127. The van der Waals surface area contributed by atoms with Crippen LogP contribution >= 0.6 is 0 Å². The summed E-state index contributed by atoms with van der Waals surface area (Å²) in [7, 11) is 0. The van der Waals surface area contributed by atoms with E-state index in [1.54, 1.807) is 6.07 Å². The second-order valence-corrected chi connectivity index (χ2v) is 6.64. The lowest BCUT2D eigenvalue weighted by Gasteiger charge is -2.32. The Labute approximate surface area is 153 Å². The second-order valence-electron chi connectivity index (χ2n) is 6.64. The molecule has 1 saturated heterocycles. The zero-order valence-corrected chi connectivity index (χ0v) is 15.1. The Morgan fingerprint density at radius 1 is 1.42 bits per heavy atom. The molecule has 2 aromatic rings. The van der Waals surface area contributed by atoms with Gasteiger partial charge in [0, 0.05) is 31.7 Å². The third-order valence-electron chi connectivity index (χ3n) is 4.64.